The van der Waals surface area contributed by atoms with Gasteiger partial charge in [-0.2, -0.15) is 5.10 Å². The molecule has 116 valence electrons. The summed E-state index contributed by atoms with van der Waals surface area (Å²) < 4.78 is 1.79. The van der Waals surface area contributed by atoms with E-state index in [4.69, 9.17) is 9.97 Å². The van der Waals surface area contributed by atoms with Crippen LogP contribution in [-0.2, 0) is 0 Å². The maximum atomic E-state index is 4.81. The zero-order valence-electron chi connectivity index (χ0n) is 13.0. The van der Waals surface area contributed by atoms with Crippen LogP contribution in [0.15, 0.2) is 54.9 Å². The minimum atomic E-state index is 0.749. The predicted molar refractivity (Wildman–Crippen MR) is 90.7 cm³/mol. The minimum Gasteiger partial charge on any atom is -0.356 e. The molecule has 0 radical (unpaired) electrons. The van der Waals surface area contributed by atoms with E-state index in [1.807, 2.05) is 48.7 Å². The Morgan fingerprint density at radius 3 is 2.35 bits per heavy atom. The fraction of sp³-hybridized carbons (Fsp3) is 0.278. The molecule has 0 aliphatic carbocycles. The van der Waals surface area contributed by atoms with Crippen LogP contribution in [0.25, 0.3) is 17.2 Å². The van der Waals surface area contributed by atoms with E-state index >= 15 is 0 Å². The van der Waals surface area contributed by atoms with Gasteiger partial charge in [-0.1, -0.05) is 30.3 Å². The largest absolute Gasteiger partial charge is 0.356 e. The lowest BCUT2D eigenvalue weighted by molar-refractivity contribution is 0.573. The highest BCUT2D eigenvalue weighted by atomic mass is 15.3. The van der Waals surface area contributed by atoms with Gasteiger partial charge in [0.2, 0.25) is 0 Å². The number of piperidine rings is 1. The fourth-order valence-electron chi connectivity index (χ4n) is 2.95. The van der Waals surface area contributed by atoms with Gasteiger partial charge >= 0.3 is 0 Å². The second-order valence-corrected chi connectivity index (χ2v) is 5.77. The number of benzene rings is 1. The predicted octanol–water partition coefficient (Wildman–Crippen LogP) is 3.32. The number of rotatable bonds is 3. The number of anilines is 1. The summed E-state index contributed by atoms with van der Waals surface area (Å²) in [7, 11) is 0. The molecule has 5 nitrogen and oxygen atoms in total. The van der Waals surface area contributed by atoms with Gasteiger partial charge in [-0.15, -0.1) is 0 Å². The molecule has 1 aromatic carbocycles. The second-order valence-electron chi connectivity index (χ2n) is 5.77. The number of aromatic nitrogens is 4. The van der Waals surface area contributed by atoms with Crippen molar-refractivity contribution < 1.29 is 0 Å². The molecule has 0 amide bonds. The monoisotopic (exact) mass is 305 g/mol. The van der Waals surface area contributed by atoms with Crippen molar-refractivity contribution >= 4 is 5.82 Å². The Balaban J connectivity index is 1.80. The van der Waals surface area contributed by atoms with Gasteiger partial charge in [-0.3, -0.25) is 0 Å². The smallest absolute Gasteiger partial charge is 0.163 e. The van der Waals surface area contributed by atoms with E-state index in [2.05, 4.69) is 10.00 Å². The molecule has 1 aliphatic heterocycles. The Morgan fingerprint density at radius 2 is 1.61 bits per heavy atom. The van der Waals surface area contributed by atoms with E-state index in [-0.39, 0.29) is 0 Å². The van der Waals surface area contributed by atoms with Gasteiger partial charge < -0.3 is 4.90 Å². The molecule has 4 rings (SSSR count). The van der Waals surface area contributed by atoms with E-state index in [9.17, 15) is 0 Å². The van der Waals surface area contributed by atoms with Crippen molar-refractivity contribution in [3.63, 3.8) is 0 Å². The van der Waals surface area contributed by atoms with Gasteiger partial charge in [0, 0.05) is 37.1 Å². The second kappa shape index (κ2) is 6.20. The van der Waals surface area contributed by atoms with Gasteiger partial charge in [0.15, 0.2) is 11.6 Å². The molecular weight excluding hydrogens is 286 g/mol. The zero-order valence-corrected chi connectivity index (χ0v) is 13.0. The average Bonchev–Trinajstić information content (AvgIpc) is 3.18. The van der Waals surface area contributed by atoms with Crippen LogP contribution in [0.4, 0.5) is 5.82 Å². The molecule has 23 heavy (non-hydrogen) atoms. The van der Waals surface area contributed by atoms with Crippen LogP contribution in [0.2, 0.25) is 0 Å². The van der Waals surface area contributed by atoms with Gasteiger partial charge in [0.25, 0.3) is 0 Å². The zero-order chi connectivity index (χ0) is 15.5. The maximum Gasteiger partial charge on any atom is 0.163 e. The summed E-state index contributed by atoms with van der Waals surface area (Å²) in [5.74, 6) is 2.55. The first-order chi connectivity index (χ1) is 11.4. The van der Waals surface area contributed by atoms with Crippen molar-refractivity contribution in [2.75, 3.05) is 18.0 Å². The summed E-state index contributed by atoms with van der Waals surface area (Å²) in [5, 5.41) is 4.32. The minimum absolute atomic E-state index is 0.749. The molecule has 0 unspecified atom stereocenters. The van der Waals surface area contributed by atoms with Crippen LogP contribution in [-0.4, -0.2) is 32.8 Å². The number of hydrogen-bond donors (Lipinski definition) is 0. The first-order valence-corrected chi connectivity index (χ1v) is 8.10. The van der Waals surface area contributed by atoms with Crippen LogP contribution in [0.1, 0.15) is 19.3 Å². The summed E-state index contributed by atoms with van der Waals surface area (Å²) in [6.45, 7) is 2.12. The lowest BCUT2D eigenvalue weighted by Gasteiger charge is -2.28. The van der Waals surface area contributed by atoms with Crippen LogP contribution >= 0.6 is 0 Å². The van der Waals surface area contributed by atoms with E-state index in [1.165, 1.54) is 19.3 Å². The van der Waals surface area contributed by atoms with Crippen molar-refractivity contribution in [1.29, 1.82) is 0 Å². The highest BCUT2D eigenvalue weighted by molar-refractivity contribution is 5.59. The van der Waals surface area contributed by atoms with Crippen LogP contribution < -0.4 is 4.90 Å². The Morgan fingerprint density at radius 1 is 0.826 bits per heavy atom. The molecule has 3 aromatic rings. The maximum absolute atomic E-state index is 4.81. The van der Waals surface area contributed by atoms with Crippen molar-refractivity contribution in [2.45, 2.75) is 19.3 Å². The molecule has 1 aliphatic rings. The molecular formula is C18H19N5. The standard InChI is InChI=1S/C18H19N5/c1-3-8-15(9-4-1)18-20-16(22-11-5-2-6-12-22)14-17(21-18)23-13-7-10-19-23/h1,3-4,7-10,13-14H,2,5-6,11-12H2. The quantitative estimate of drug-likeness (QED) is 0.745. The summed E-state index contributed by atoms with van der Waals surface area (Å²) in [5.41, 5.74) is 1.03. The average molecular weight is 305 g/mol. The number of hydrogen-bond acceptors (Lipinski definition) is 4. The van der Waals surface area contributed by atoms with Crippen molar-refractivity contribution in [3.8, 4) is 17.2 Å². The first-order valence-electron chi connectivity index (χ1n) is 8.10. The van der Waals surface area contributed by atoms with Crippen molar-refractivity contribution in [1.82, 2.24) is 19.7 Å². The van der Waals surface area contributed by atoms with E-state index in [1.54, 1.807) is 10.9 Å². The van der Waals surface area contributed by atoms with E-state index < -0.39 is 0 Å². The third kappa shape index (κ3) is 2.95. The van der Waals surface area contributed by atoms with Crippen molar-refractivity contribution in [2.24, 2.45) is 0 Å². The summed E-state index contributed by atoms with van der Waals surface area (Å²) in [6, 6.07) is 14.1. The van der Waals surface area contributed by atoms with E-state index in [0.717, 1.165) is 36.1 Å². The molecule has 0 spiro atoms. The molecule has 2 aromatic heterocycles. The van der Waals surface area contributed by atoms with Crippen LogP contribution in [0.3, 0.4) is 0 Å². The van der Waals surface area contributed by atoms with Gasteiger partial charge in [0.1, 0.15) is 5.82 Å². The van der Waals surface area contributed by atoms with Gasteiger partial charge in [-0.25, -0.2) is 14.6 Å². The molecule has 3 heterocycles. The highest BCUT2D eigenvalue weighted by Crippen LogP contribution is 2.24. The summed E-state index contributed by atoms with van der Waals surface area (Å²) in [6.07, 6.45) is 7.44. The summed E-state index contributed by atoms with van der Waals surface area (Å²) in [4.78, 5) is 11.9. The van der Waals surface area contributed by atoms with Crippen LogP contribution in [0, 0.1) is 0 Å². The topological polar surface area (TPSA) is 46.8 Å². The summed E-state index contributed by atoms with van der Waals surface area (Å²) >= 11 is 0. The molecule has 5 heteroatoms. The Labute approximate surface area is 135 Å². The van der Waals surface area contributed by atoms with Crippen molar-refractivity contribution in [3.05, 3.63) is 54.9 Å². The third-order valence-electron chi connectivity index (χ3n) is 4.15. The molecule has 1 saturated heterocycles. The highest BCUT2D eigenvalue weighted by Gasteiger charge is 2.16. The van der Waals surface area contributed by atoms with E-state index in [0.29, 0.717) is 0 Å². The molecule has 1 fully saturated rings. The lowest BCUT2D eigenvalue weighted by Crippen LogP contribution is -2.30. The Bertz CT molecular complexity index is 761. The molecule has 0 saturated carbocycles. The Kier molecular flexibility index (Phi) is 3.76. The molecule has 0 atom stereocenters. The van der Waals surface area contributed by atoms with Gasteiger partial charge in [0.05, 0.1) is 0 Å². The lowest BCUT2D eigenvalue weighted by atomic mass is 10.1. The molecule has 0 N–H and O–H groups in total. The first kappa shape index (κ1) is 13.9. The fourth-order valence-corrected chi connectivity index (χ4v) is 2.95. The Hall–Kier alpha value is -2.69. The normalized spacial score (nSPS) is 14.9. The third-order valence-corrected chi connectivity index (χ3v) is 4.15. The van der Waals surface area contributed by atoms with Gasteiger partial charge in [-0.05, 0) is 25.3 Å². The van der Waals surface area contributed by atoms with Crippen LogP contribution in [0.5, 0.6) is 0 Å². The molecule has 0 bridgehead atoms. The number of nitrogens with zero attached hydrogens (tertiary/aromatic N) is 5. The SMILES string of the molecule is c1ccc(-c2nc(N3CCCCC3)cc(-n3cccn3)n2)cc1.